The number of piperidine rings is 1. The fourth-order valence-electron chi connectivity index (χ4n) is 2.11. The summed E-state index contributed by atoms with van der Waals surface area (Å²) in [7, 11) is 0. The molecule has 0 unspecified atom stereocenters. The Morgan fingerprint density at radius 2 is 1.78 bits per heavy atom. The Morgan fingerprint density at radius 1 is 1.11 bits per heavy atom. The Labute approximate surface area is 115 Å². The zero-order valence-electron chi connectivity index (χ0n) is 9.90. The number of aromatic nitrogens is 2. The summed E-state index contributed by atoms with van der Waals surface area (Å²) in [4.78, 5) is 9.02. The molecule has 1 saturated heterocycles. The van der Waals surface area contributed by atoms with Crippen LogP contribution < -0.4 is 5.32 Å². The molecule has 0 bridgehead atoms. The second-order valence-electron chi connectivity index (χ2n) is 4.38. The van der Waals surface area contributed by atoms with Gasteiger partial charge in [-0.1, -0.05) is 35.5 Å². The Bertz CT molecular complexity index is 555. The summed E-state index contributed by atoms with van der Waals surface area (Å²) in [5, 5.41) is 5.35. The number of hydrogen-bond acceptors (Lipinski definition) is 4. The average molecular weight is 280 g/mol. The van der Waals surface area contributed by atoms with Gasteiger partial charge in [0.1, 0.15) is 5.03 Å². The van der Waals surface area contributed by atoms with Crippen LogP contribution in [0.3, 0.4) is 0 Å². The Morgan fingerprint density at radius 3 is 2.50 bits per heavy atom. The second-order valence-corrected chi connectivity index (χ2v) is 6.02. The Kier molecular flexibility index (Phi) is 3.68. The van der Waals surface area contributed by atoms with E-state index in [1.54, 1.807) is 11.8 Å². The summed E-state index contributed by atoms with van der Waals surface area (Å²) in [6.07, 6.45) is 2.32. The maximum Gasteiger partial charge on any atom is 0.161 e. The number of nitrogens with zero attached hydrogens (tertiary/aromatic N) is 2. The lowest BCUT2D eigenvalue weighted by atomic mass is 10.2. The topological polar surface area (TPSA) is 37.8 Å². The number of rotatable bonds is 2. The summed E-state index contributed by atoms with van der Waals surface area (Å²) >= 11 is 7.97. The summed E-state index contributed by atoms with van der Waals surface area (Å²) in [6, 6.07) is 7.84. The van der Waals surface area contributed by atoms with Crippen molar-refractivity contribution < 1.29 is 0 Å². The lowest BCUT2D eigenvalue weighted by Gasteiger charge is -2.21. The van der Waals surface area contributed by atoms with Gasteiger partial charge in [0.25, 0.3) is 0 Å². The van der Waals surface area contributed by atoms with Gasteiger partial charge in [-0.2, -0.15) is 0 Å². The van der Waals surface area contributed by atoms with Gasteiger partial charge in [-0.05, 0) is 38.1 Å². The minimum Gasteiger partial charge on any atom is -0.317 e. The predicted octanol–water partition coefficient (Wildman–Crippen LogP) is 3.13. The molecule has 1 fully saturated rings. The zero-order valence-corrected chi connectivity index (χ0v) is 11.5. The van der Waals surface area contributed by atoms with Gasteiger partial charge >= 0.3 is 0 Å². The Balaban J connectivity index is 1.88. The highest BCUT2D eigenvalue weighted by Crippen LogP contribution is 2.32. The fourth-order valence-corrected chi connectivity index (χ4v) is 3.46. The maximum absolute atomic E-state index is 6.21. The molecular formula is C13H14ClN3S. The molecule has 1 aliphatic rings. The van der Waals surface area contributed by atoms with Crippen LogP contribution in [-0.4, -0.2) is 28.3 Å². The third-order valence-corrected chi connectivity index (χ3v) is 4.75. The molecule has 1 aromatic heterocycles. The van der Waals surface area contributed by atoms with Crippen molar-refractivity contribution in [2.24, 2.45) is 0 Å². The minimum atomic E-state index is 0.525. The van der Waals surface area contributed by atoms with E-state index in [1.807, 2.05) is 24.3 Å². The van der Waals surface area contributed by atoms with E-state index in [0.29, 0.717) is 10.4 Å². The average Bonchev–Trinajstić information content (AvgIpc) is 2.41. The molecule has 1 N–H and O–H groups in total. The van der Waals surface area contributed by atoms with Gasteiger partial charge in [-0.25, -0.2) is 9.97 Å². The lowest BCUT2D eigenvalue weighted by Crippen LogP contribution is -2.29. The quantitative estimate of drug-likeness (QED) is 0.917. The van der Waals surface area contributed by atoms with Crippen molar-refractivity contribution in [2.45, 2.75) is 23.1 Å². The normalized spacial score (nSPS) is 17.2. The van der Waals surface area contributed by atoms with Crippen LogP contribution in [0.15, 0.2) is 29.3 Å². The highest BCUT2D eigenvalue weighted by Gasteiger charge is 2.17. The van der Waals surface area contributed by atoms with Gasteiger partial charge in [0, 0.05) is 5.25 Å². The van der Waals surface area contributed by atoms with Crippen molar-refractivity contribution >= 4 is 34.4 Å². The van der Waals surface area contributed by atoms with Crippen LogP contribution >= 0.6 is 23.4 Å². The monoisotopic (exact) mass is 279 g/mol. The maximum atomic E-state index is 6.21. The second kappa shape index (κ2) is 5.43. The van der Waals surface area contributed by atoms with Crippen molar-refractivity contribution in [2.75, 3.05) is 13.1 Å². The van der Waals surface area contributed by atoms with Crippen LogP contribution in [0.4, 0.5) is 0 Å². The van der Waals surface area contributed by atoms with E-state index in [2.05, 4.69) is 15.3 Å². The molecule has 0 saturated carbocycles. The molecule has 0 radical (unpaired) electrons. The molecule has 2 aromatic rings. The third-order valence-electron chi connectivity index (χ3n) is 3.06. The summed E-state index contributed by atoms with van der Waals surface area (Å²) in [5.74, 6) is 0. The van der Waals surface area contributed by atoms with Gasteiger partial charge in [0.15, 0.2) is 5.15 Å². The van der Waals surface area contributed by atoms with E-state index < -0.39 is 0 Å². The number of fused-ring (bicyclic) bond motifs is 1. The van der Waals surface area contributed by atoms with Crippen molar-refractivity contribution in [3.8, 4) is 0 Å². The first kappa shape index (κ1) is 12.2. The first-order valence-corrected chi connectivity index (χ1v) is 7.38. The Hall–Kier alpha value is -0.840. The SMILES string of the molecule is Clc1nc2ccccc2nc1SC1CCNCC1. The van der Waals surface area contributed by atoms with E-state index in [4.69, 9.17) is 11.6 Å². The van der Waals surface area contributed by atoms with E-state index in [9.17, 15) is 0 Å². The van der Waals surface area contributed by atoms with Crippen LogP contribution in [0, 0.1) is 0 Å². The van der Waals surface area contributed by atoms with Crippen molar-refractivity contribution in [3.05, 3.63) is 29.4 Å². The standard InChI is InChI=1S/C13H14ClN3S/c14-12-13(18-9-5-7-15-8-6-9)17-11-4-2-1-3-10(11)16-12/h1-4,9,15H,5-8H2. The largest absolute Gasteiger partial charge is 0.317 e. The number of para-hydroxylation sites is 2. The third kappa shape index (κ3) is 2.60. The molecule has 0 amide bonds. The number of halogens is 1. The molecule has 3 rings (SSSR count). The molecule has 5 heteroatoms. The van der Waals surface area contributed by atoms with Crippen LogP contribution in [0.25, 0.3) is 11.0 Å². The fraction of sp³-hybridized carbons (Fsp3) is 0.385. The highest BCUT2D eigenvalue weighted by molar-refractivity contribution is 8.00. The van der Waals surface area contributed by atoms with Crippen molar-refractivity contribution in [1.29, 1.82) is 0 Å². The van der Waals surface area contributed by atoms with Crippen molar-refractivity contribution in [1.82, 2.24) is 15.3 Å². The summed E-state index contributed by atoms with van der Waals surface area (Å²) < 4.78 is 0. The zero-order chi connectivity index (χ0) is 12.4. The van der Waals surface area contributed by atoms with Crippen LogP contribution in [0.5, 0.6) is 0 Å². The molecule has 0 atom stereocenters. The van der Waals surface area contributed by atoms with E-state index in [1.165, 1.54) is 0 Å². The highest BCUT2D eigenvalue weighted by atomic mass is 35.5. The minimum absolute atomic E-state index is 0.525. The molecule has 2 heterocycles. The van der Waals surface area contributed by atoms with Gasteiger partial charge < -0.3 is 5.32 Å². The molecule has 94 valence electrons. The predicted molar refractivity (Wildman–Crippen MR) is 76.3 cm³/mol. The van der Waals surface area contributed by atoms with Crippen LogP contribution in [0.2, 0.25) is 5.15 Å². The molecular weight excluding hydrogens is 266 g/mol. The smallest absolute Gasteiger partial charge is 0.161 e. The molecule has 18 heavy (non-hydrogen) atoms. The molecule has 0 spiro atoms. The summed E-state index contributed by atoms with van der Waals surface area (Å²) in [6.45, 7) is 2.16. The molecule has 1 aliphatic heterocycles. The number of benzene rings is 1. The van der Waals surface area contributed by atoms with E-state index >= 15 is 0 Å². The first-order valence-electron chi connectivity index (χ1n) is 6.12. The summed E-state index contributed by atoms with van der Waals surface area (Å²) in [5.41, 5.74) is 1.77. The van der Waals surface area contributed by atoms with Crippen molar-refractivity contribution in [3.63, 3.8) is 0 Å². The number of thioether (sulfide) groups is 1. The van der Waals surface area contributed by atoms with Gasteiger partial charge in [-0.15, -0.1) is 0 Å². The number of nitrogens with one attached hydrogen (secondary N) is 1. The van der Waals surface area contributed by atoms with Gasteiger partial charge in [0.05, 0.1) is 11.0 Å². The molecule has 1 aromatic carbocycles. The molecule has 0 aliphatic carbocycles. The van der Waals surface area contributed by atoms with E-state index in [-0.39, 0.29) is 0 Å². The lowest BCUT2D eigenvalue weighted by molar-refractivity contribution is 0.531. The number of hydrogen-bond donors (Lipinski definition) is 1. The van der Waals surface area contributed by atoms with Gasteiger partial charge in [-0.3, -0.25) is 0 Å². The molecule has 3 nitrogen and oxygen atoms in total. The van der Waals surface area contributed by atoms with Crippen LogP contribution in [-0.2, 0) is 0 Å². The van der Waals surface area contributed by atoms with Crippen LogP contribution in [0.1, 0.15) is 12.8 Å². The first-order chi connectivity index (χ1) is 8.83. The van der Waals surface area contributed by atoms with Gasteiger partial charge in [0.2, 0.25) is 0 Å². The van der Waals surface area contributed by atoms with E-state index in [0.717, 1.165) is 42.0 Å².